The lowest BCUT2D eigenvalue weighted by molar-refractivity contribution is -0.149. The number of rotatable bonds is 7. The van der Waals surface area contributed by atoms with Crippen LogP contribution in [0.15, 0.2) is 4.99 Å². The number of guanidine groups is 1. The van der Waals surface area contributed by atoms with E-state index in [0.29, 0.717) is 6.61 Å². The molecule has 6 nitrogen and oxygen atoms in total. The first-order valence-corrected chi connectivity index (χ1v) is 10.6. The van der Waals surface area contributed by atoms with Crippen molar-refractivity contribution in [2.45, 2.75) is 52.9 Å². The highest BCUT2D eigenvalue weighted by molar-refractivity contribution is 5.81. The average Bonchev–Trinajstić information content (AvgIpc) is 2.68. The van der Waals surface area contributed by atoms with E-state index < -0.39 is 0 Å². The summed E-state index contributed by atoms with van der Waals surface area (Å²) in [5.74, 6) is 1.69. The van der Waals surface area contributed by atoms with E-state index in [1.54, 1.807) is 0 Å². The van der Waals surface area contributed by atoms with Crippen molar-refractivity contribution < 1.29 is 9.53 Å². The number of nitrogens with one attached hydrogen (secondary N) is 1. The second kappa shape index (κ2) is 11.4. The molecule has 2 aliphatic rings. The van der Waals surface area contributed by atoms with Crippen LogP contribution in [0.5, 0.6) is 0 Å². The molecule has 0 spiro atoms. The van der Waals surface area contributed by atoms with Gasteiger partial charge in [-0.15, -0.1) is 0 Å². The second-order valence-corrected chi connectivity index (χ2v) is 7.44. The molecule has 26 heavy (non-hydrogen) atoms. The van der Waals surface area contributed by atoms with Crippen LogP contribution in [-0.4, -0.2) is 74.1 Å². The largest absolute Gasteiger partial charge is 0.466 e. The fourth-order valence-corrected chi connectivity index (χ4v) is 3.99. The molecule has 0 saturated carbocycles. The highest BCUT2D eigenvalue weighted by Gasteiger charge is 2.28. The Morgan fingerprint density at radius 2 is 1.92 bits per heavy atom. The van der Waals surface area contributed by atoms with E-state index in [-0.39, 0.29) is 11.9 Å². The Morgan fingerprint density at radius 3 is 2.58 bits per heavy atom. The van der Waals surface area contributed by atoms with E-state index in [0.717, 1.165) is 50.9 Å². The van der Waals surface area contributed by atoms with Crippen LogP contribution in [0.2, 0.25) is 0 Å². The molecule has 1 N–H and O–H groups in total. The normalized spacial score (nSPS) is 23.1. The van der Waals surface area contributed by atoms with Gasteiger partial charge in [-0.25, -0.2) is 0 Å². The number of ether oxygens (including phenoxy) is 1. The van der Waals surface area contributed by atoms with Gasteiger partial charge in [0.15, 0.2) is 5.96 Å². The maximum absolute atomic E-state index is 12.1. The van der Waals surface area contributed by atoms with Crippen LogP contribution in [0.3, 0.4) is 0 Å². The van der Waals surface area contributed by atoms with E-state index >= 15 is 0 Å². The summed E-state index contributed by atoms with van der Waals surface area (Å²) in [5.41, 5.74) is 0. The molecule has 6 heteroatoms. The van der Waals surface area contributed by atoms with Crippen LogP contribution in [0.4, 0.5) is 0 Å². The van der Waals surface area contributed by atoms with Crippen LogP contribution >= 0.6 is 0 Å². The molecule has 150 valence electrons. The Morgan fingerprint density at radius 1 is 1.15 bits per heavy atom. The molecule has 0 aliphatic carbocycles. The molecule has 2 aliphatic heterocycles. The molecular formula is C20H38N4O2. The van der Waals surface area contributed by atoms with E-state index in [1.165, 1.54) is 38.9 Å². The topological polar surface area (TPSA) is 57.2 Å². The van der Waals surface area contributed by atoms with Gasteiger partial charge in [-0.3, -0.25) is 9.79 Å². The van der Waals surface area contributed by atoms with Gasteiger partial charge < -0.3 is 19.9 Å². The maximum atomic E-state index is 12.1. The summed E-state index contributed by atoms with van der Waals surface area (Å²) in [6.07, 6.45) is 5.71. The summed E-state index contributed by atoms with van der Waals surface area (Å²) < 4.78 is 5.22. The number of nitrogens with zero attached hydrogens (tertiary/aromatic N) is 3. The van der Waals surface area contributed by atoms with Crippen molar-refractivity contribution in [2.75, 3.05) is 52.4 Å². The van der Waals surface area contributed by atoms with Gasteiger partial charge in [0.25, 0.3) is 0 Å². The van der Waals surface area contributed by atoms with Gasteiger partial charge in [0, 0.05) is 26.2 Å². The minimum absolute atomic E-state index is 0.0223. The van der Waals surface area contributed by atoms with E-state index in [9.17, 15) is 4.79 Å². The van der Waals surface area contributed by atoms with Crippen LogP contribution < -0.4 is 5.32 Å². The second-order valence-electron chi connectivity index (χ2n) is 7.44. The highest BCUT2D eigenvalue weighted by Crippen LogP contribution is 2.21. The fourth-order valence-electron chi connectivity index (χ4n) is 3.99. The number of hydrogen-bond donors (Lipinski definition) is 1. The SMILES string of the molecule is CCNC(=NCCC1CCN(CC)CC1)N1CCCC(C(=O)OCC)C1. The predicted molar refractivity (Wildman–Crippen MR) is 106 cm³/mol. The highest BCUT2D eigenvalue weighted by atomic mass is 16.5. The number of carbonyl (C=O) groups excluding carboxylic acids is 1. The summed E-state index contributed by atoms with van der Waals surface area (Å²) >= 11 is 0. The molecule has 1 atom stereocenters. The van der Waals surface area contributed by atoms with Gasteiger partial charge in [0.1, 0.15) is 0 Å². The Kier molecular flexibility index (Phi) is 9.23. The Labute approximate surface area is 159 Å². The molecule has 0 amide bonds. The molecule has 2 heterocycles. The minimum Gasteiger partial charge on any atom is -0.466 e. The number of aliphatic imine (C=N–C) groups is 1. The molecule has 0 aromatic rings. The minimum atomic E-state index is -0.0595. The van der Waals surface area contributed by atoms with Gasteiger partial charge in [0.05, 0.1) is 12.5 Å². The van der Waals surface area contributed by atoms with Crippen molar-refractivity contribution in [3.63, 3.8) is 0 Å². The van der Waals surface area contributed by atoms with E-state index in [2.05, 4.69) is 29.0 Å². The number of esters is 1. The van der Waals surface area contributed by atoms with Crippen LogP contribution in [-0.2, 0) is 9.53 Å². The lowest BCUT2D eigenvalue weighted by Crippen LogP contribution is -2.48. The van der Waals surface area contributed by atoms with Crippen molar-refractivity contribution in [1.29, 1.82) is 0 Å². The summed E-state index contributed by atoms with van der Waals surface area (Å²) in [6.45, 7) is 13.7. The number of hydrogen-bond acceptors (Lipinski definition) is 4. The molecule has 1 unspecified atom stereocenters. The lowest BCUT2D eigenvalue weighted by atomic mass is 9.94. The third-order valence-electron chi connectivity index (χ3n) is 5.63. The van der Waals surface area contributed by atoms with Crippen molar-refractivity contribution in [1.82, 2.24) is 15.1 Å². The van der Waals surface area contributed by atoms with Gasteiger partial charge in [-0.2, -0.15) is 0 Å². The number of piperidine rings is 2. The molecule has 2 fully saturated rings. The Balaban J connectivity index is 1.84. The first-order valence-electron chi connectivity index (χ1n) is 10.6. The molecule has 0 bridgehead atoms. The van der Waals surface area contributed by atoms with Crippen LogP contribution in [0.1, 0.15) is 52.9 Å². The predicted octanol–water partition coefficient (Wildman–Crippen LogP) is 2.35. The van der Waals surface area contributed by atoms with Crippen molar-refractivity contribution in [3.05, 3.63) is 0 Å². The average molecular weight is 367 g/mol. The molecule has 0 radical (unpaired) electrons. The fraction of sp³-hybridized carbons (Fsp3) is 0.900. The molecule has 0 aromatic heterocycles. The van der Waals surface area contributed by atoms with Crippen LogP contribution in [0.25, 0.3) is 0 Å². The van der Waals surface area contributed by atoms with Gasteiger partial charge in [-0.1, -0.05) is 6.92 Å². The van der Waals surface area contributed by atoms with E-state index in [4.69, 9.17) is 9.73 Å². The quantitative estimate of drug-likeness (QED) is 0.426. The van der Waals surface area contributed by atoms with Gasteiger partial charge >= 0.3 is 5.97 Å². The Bertz CT molecular complexity index is 447. The zero-order chi connectivity index (χ0) is 18.8. The number of carbonyl (C=O) groups is 1. The lowest BCUT2D eigenvalue weighted by Gasteiger charge is -2.34. The Hall–Kier alpha value is -1.30. The summed E-state index contributed by atoms with van der Waals surface area (Å²) in [7, 11) is 0. The molecule has 2 saturated heterocycles. The molecular weight excluding hydrogens is 328 g/mol. The summed E-state index contributed by atoms with van der Waals surface area (Å²) in [4.78, 5) is 21.7. The molecule has 2 rings (SSSR count). The smallest absolute Gasteiger partial charge is 0.310 e. The summed E-state index contributed by atoms with van der Waals surface area (Å²) in [6, 6.07) is 0. The van der Waals surface area contributed by atoms with Crippen molar-refractivity contribution in [2.24, 2.45) is 16.8 Å². The zero-order valence-corrected chi connectivity index (χ0v) is 17.0. The van der Waals surface area contributed by atoms with Gasteiger partial charge in [0.2, 0.25) is 0 Å². The number of likely N-dealkylation sites (tertiary alicyclic amines) is 2. The monoisotopic (exact) mass is 366 g/mol. The van der Waals surface area contributed by atoms with E-state index in [1.807, 2.05) is 6.92 Å². The van der Waals surface area contributed by atoms with Gasteiger partial charge in [-0.05, 0) is 71.5 Å². The summed E-state index contributed by atoms with van der Waals surface area (Å²) in [5, 5.41) is 3.41. The third-order valence-corrected chi connectivity index (χ3v) is 5.63. The first kappa shape index (κ1) is 21.0. The van der Waals surface area contributed by atoms with Crippen molar-refractivity contribution >= 4 is 11.9 Å². The maximum Gasteiger partial charge on any atom is 0.310 e. The first-order chi connectivity index (χ1) is 12.7. The zero-order valence-electron chi connectivity index (χ0n) is 17.0. The van der Waals surface area contributed by atoms with Crippen LogP contribution in [0, 0.1) is 11.8 Å². The third kappa shape index (κ3) is 6.45. The van der Waals surface area contributed by atoms with Crippen molar-refractivity contribution in [3.8, 4) is 0 Å². The molecule has 0 aromatic carbocycles. The standard InChI is InChI=1S/C20H38N4O2/c1-4-21-20(22-12-9-17-10-14-23(5-2)15-11-17)24-13-7-8-18(16-24)19(25)26-6-3/h17-18H,4-16H2,1-3H3,(H,21,22).